The molecule has 0 saturated heterocycles. The molecule has 0 spiro atoms. The molecule has 0 aromatic heterocycles. The Hall–Kier alpha value is -1.69. The van der Waals surface area contributed by atoms with Gasteiger partial charge >= 0.3 is 5.97 Å². The Labute approximate surface area is 97.0 Å². The molecule has 1 atom stereocenters. The fraction of sp³-hybridized carbons (Fsp3) is 0.364. The number of rotatable bonds is 5. The number of aliphatic carboxylic acids is 1. The standard InChI is InChI=1S/C11H13F2NO3/c1-17-8-4-2-6(12)11(13)10(8)7(14)3-5-9(15)16/h2,4,7H,3,5,14H2,1H3,(H,15,16). The topological polar surface area (TPSA) is 72.5 Å². The van der Waals surface area contributed by atoms with Gasteiger partial charge in [0.1, 0.15) is 5.75 Å². The average Bonchev–Trinajstić information content (AvgIpc) is 2.29. The number of hydrogen-bond acceptors (Lipinski definition) is 3. The smallest absolute Gasteiger partial charge is 0.303 e. The Morgan fingerprint density at radius 2 is 2.18 bits per heavy atom. The number of carboxylic acids is 1. The summed E-state index contributed by atoms with van der Waals surface area (Å²) in [6.07, 6.45) is -0.216. The van der Waals surface area contributed by atoms with Crippen molar-refractivity contribution in [2.75, 3.05) is 7.11 Å². The summed E-state index contributed by atoms with van der Waals surface area (Å²) in [4.78, 5) is 10.4. The fourth-order valence-electron chi connectivity index (χ4n) is 1.50. The number of methoxy groups -OCH3 is 1. The number of halogens is 2. The van der Waals surface area contributed by atoms with E-state index in [9.17, 15) is 13.6 Å². The minimum absolute atomic E-state index is 0.00602. The molecule has 0 aliphatic heterocycles. The van der Waals surface area contributed by atoms with Gasteiger partial charge in [0.05, 0.1) is 7.11 Å². The first-order chi connectivity index (χ1) is 7.97. The molecule has 0 amide bonds. The number of benzene rings is 1. The Balaban J connectivity index is 3.01. The molecule has 0 fully saturated rings. The summed E-state index contributed by atoms with van der Waals surface area (Å²) in [7, 11) is 1.31. The number of ether oxygens (including phenoxy) is 1. The van der Waals surface area contributed by atoms with Crippen LogP contribution >= 0.6 is 0 Å². The minimum Gasteiger partial charge on any atom is -0.496 e. The zero-order chi connectivity index (χ0) is 13.0. The second-order valence-corrected chi connectivity index (χ2v) is 3.52. The molecule has 0 radical (unpaired) electrons. The van der Waals surface area contributed by atoms with Crippen LogP contribution in [0.15, 0.2) is 12.1 Å². The van der Waals surface area contributed by atoms with E-state index in [4.69, 9.17) is 15.6 Å². The molecule has 1 aromatic rings. The van der Waals surface area contributed by atoms with Gasteiger partial charge in [-0.25, -0.2) is 8.78 Å². The van der Waals surface area contributed by atoms with E-state index < -0.39 is 23.6 Å². The van der Waals surface area contributed by atoms with E-state index in [1.165, 1.54) is 13.2 Å². The van der Waals surface area contributed by atoms with Crippen LogP contribution in [0.3, 0.4) is 0 Å². The summed E-state index contributed by atoms with van der Waals surface area (Å²) >= 11 is 0. The van der Waals surface area contributed by atoms with Gasteiger partial charge in [-0.1, -0.05) is 0 Å². The maximum absolute atomic E-state index is 13.5. The monoisotopic (exact) mass is 245 g/mol. The molecule has 6 heteroatoms. The van der Waals surface area contributed by atoms with Crippen molar-refractivity contribution in [3.05, 3.63) is 29.3 Å². The first-order valence-corrected chi connectivity index (χ1v) is 4.96. The lowest BCUT2D eigenvalue weighted by atomic mass is 10.0. The van der Waals surface area contributed by atoms with Crippen LogP contribution in [-0.4, -0.2) is 18.2 Å². The van der Waals surface area contributed by atoms with Gasteiger partial charge in [-0.3, -0.25) is 4.79 Å². The summed E-state index contributed by atoms with van der Waals surface area (Å²) < 4.78 is 31.5. The van der Waals surface area contributed by atoms with E-state index in [2.05, 4.69) is 0 Å². The second kappa shape index (κ2) is 5.58. The Bertz CT molecular complexity index is 423. The first kappa shape index (κ1) is 13.4. The summed E-state index contributed by atoms with van der Waals surface area (Å²) in [6.45, 7) is 0. The molecule has 4 nitrogen and oxygen atoms in total. The third-order valence-electron chi connectivity index (χ3n) is 2.35. The Kier molecular flexibility index (Phi) is 4.39. The molecule has 0 aliphatic carbocycles. The van der Waals surface area contributed by atoms with E-state index in [1.807, 2.05) is 0 Å². The predicted molar refractivity (Wildman–Crippen MR) is 56.7 cm³/mol. The molecule has 0 aliphatic rings. The summed E-state index contributed by atoms with van der Waals surface area (Å²) in [6, 6.07) is 1.27. The van der Waals surface area contributed by atoms with Crippen molar-refractivity contribution in [3.8, 4) is 5.75 Å². The van der Waals surface area contributed by atoms with Gasteiger partial charge < -0.3 is 15.6 Å². The molecule has 0 heterocycles. The molecular formula is C11H13F2NO3. The Morgan fingerprint density at radius 3 is 2.71 bits per heavy atom. The van der Waals surface area contributed by atoms with E-state index >= 15 is 0 Å². The highest BCUT2D eigenvalue weighted by Crippen LogP contribution is 2.30. The molecule has 1 aromatic carbocycles. The van der Waals surface area contributed by atoms with Crippen molar-refractivity contribution in [2.24, 2.45) is 5.73 Å². The summed E-state index contributed by atoms with van der Waals surface area (Å²) in [5.41, 5.74) is 5.51. The van der Waals surface area contributed by atoms with Gasteiger partial charge in [-0.15, -0.1) is 0 Å². The van der Waals surface area contributed by atoms with Crippen molar-refractivity contribution < 1.29 is 23.4 Å². The van der Waals surface area contributed by atoms with Gasteiger partial charge in [-0.2, -0.15) is 0 Å². The van der Waals surface area contributed by atoms with Crippen molar-refractivity contribution in [3.63, 3.8) is 0 Å². The van der Waals surface area contributed by atoms with Crippen LogP contribution in [0.1, 0.15) is 24.4 Å². The molecule has 17 heavy (non-hydrogen) atoms. The second-order valence-electron chi connectivity index (χ2n) is 3.52. The SMILES string of the molecule is COc1ccc(F)c(F)c1C(N)CCC(=O)O. The van der Waals surface area contributed by atoms with Gasteiger partial charge in [0.15, 0.2) is 11.6 Å². The van der Waals surface area contributed by atoms with Crippen LogP contribution in [0.5, 0.6) is 5.75 Å². The molecule has 0 saturated carbocycles. The quantitative estimate of drug-likeness (QED) is 0.830. The van der Waals surface area contributed by atoms with Gasteiger partial charge in [0.2, 0.25) is 0 Å². The van der Waals surface area contributed by atoms with Crippen molar-refractivity contribution in [2.45, 2.75) is 18.9 Å². The normalized spacial score (nSPS) is 12.2. The van der Waals surface area contributed by atoms with Crippen molar-refractivity contribution in [1.29, 1.82) is 0 Å². The molecule has 3 N–H and O–H groups in total. The van der Waals surface area contributed by atoms with Gasteiger partial charge in [0, 0.05) is 18.0 Å². The number of nitrogens with two attached hydrogens (primary N) is 1. The molecule has 94 valence electrons. The number of hydrogen-bond donors (Lipinski definition) is 2. The van der Waals surface area contributed by atoms with E-state index in [0.29, 0.717) is 0 Å². The third kappa shape index (κ3) is 3.13. The van der Waals surface area contributed by atoms with Crippen LogP contribution < -0.4 is 10.5 Å². The third-order valence-corrected chi connectivity index (χ3v) is 2.35. The lowest BCUT2D eigenvalue weighted by Gasteiger charge is -2.16. The lowest BCUT2D eigenvalue weighted by Crippen LogP contribution is -2.16. The van der Waals surface area contributed by atoms with Crippen molar-refractivity contribution >= 4 is 5.97 Å². The van der Waals surface area contributed by atoms with Gasteiger partial charge in [-0.05, 0) is 18.6 Å². The lowest BCUT2D eigenvalue weighted by molar-refractivity contribution is -0.137. The minimum atomic E-state index is -1.10. The number of carbonyl (C=O) groups is 1. The largest absolute Gasteiger partial charge is 0.496 e. The van der Waals surface area contributed by atoms with Crippen LogP contribution in [0.25, 0.3) is 0 Å². The van der Waals surface area contributed by atoms with Crippen LogP contribution in [0.4, 0.5) is 8.78 Å². The molecular weight excluding hydrogens is 232 g/mol. The molecule has 0 bridgehead atoms. The van der Waals surface area contributed by atoms with Crippen LogP contribution in [-0.2, 0) is 4.79 Å². The highest BCUT2D eigenvalue weighted by atomic mass is 19.2. The van der Waals surface area contributed by atoms with Gasteiger partial charge in [0.25, 0.3) is 0 Å². The highest BCUT2D eigenvalue weighted by Gasteiger charge is 2.20. The van der Waals surface area contributed by atoms with Crippen LogP contribution in [0.2, 0.25) is 0 Å². The molecule has 1 rings (SSSR count). The highest BCUT2D eigenvalue weighted by molar-refractivity contribution is 5.66. The predicted octanol–water partition coefficient (Wildman–Crippen LogP) is 1.84. The first-order valence-electron chi connectivity index (χ1n) is 4.96. The van der Waals surface area contributed by atoms with E-state index in [0.717, 1.165) is 6.07 Å². The maximum Gasteiger partial charge on any atom is 0.303 e. The van der Waals surface area contributed by atoms with E-state index in [1.54, 1.807) is 0 Å². The Morgan fingerprint density at radius 1 is 1.53 bits per heavy atom. The zero-order valence-electron chi connectivity index (χ0n) is 9.24. The van der Waals surface area contributed by atoms with Crippen molar-refractivity contribution in [1.82, 2.24) is 0 Å². The summed E-state index contributed by atoms with van der Waals surface area (Å²) in [5.74, 6) is -3.06. The maximum atomic E-state index is 13.5. The van der Waals surface area contributed by atoms with E-state index in [-0.39, 0.29) is 24.2 Å². The van der Waals surface area contributed by atoms with Crippen LogP contribution in [0, 0.1) is 11.6 Å². The fourth-order valence-corrected chi connectivity index (χ4v) is 1.50. The zero-order valence-corrected chi connectivity index (χ0v) is 9.24. The number of carboxylic acid groups (broad SMARTS) is 1. The summed E-state index contributed by atoms with van der Waals surface area (Å²) in [5, 5.41) is 8.51. The molecule has 1 unspecified atom stereocenters. The average molecular weight is 245 g/mol.